The summed E-state index contributed by atoms with van der Waals surface area (Å²) in [6, 6.07) is 5.91. The first kappa shape index (κ1) is 27.8. The predicted octanol–water partition coefficient (Wildman–Crippen LogP) is 3.11. The number of fused-ring (bicyclic) bond motifs is 2. The van der Waals surface area contributed by atoms with E-state index < -0.39 is 33.4 Å². The van der Waals surface area contributed by atoms with Gasteiger partial charge in [0, 0.05) is 30.1 Å². The van der Waals surface area contributed by atoms with Crippen molar-refractivity contribution >= 4 is 35.2 Å². The molecule has 1 spiro atoms. The van der Waals surface area contributed by atoms with Crippen LogP contribution in [0, 0.1) is 17.8 Å². The van der Waals surface area contributed by atoms with Crippen LogP contribution < -0.4 is 9.64 Å². The first-order valence-electron chi connectivity index (χ1n) is 13.9. The standard InChI is InChI=1S/C30H39N3O5S/c1-6-15-31-16-7-13-29(4)23(26(31)35)24-27(36)33(22(18-34)19(2)3)25-28(37)32(17-8-14-30(24,25)39-29)20-9-11-21(38-5)12-10-20/h7-14,19,22-25,34H,6,15-18H2,1-5H3/t22-,23-,24-,25?,29+,30-/m0/s1. The monoisotopic (exact) mass is 553 g/mol. The minimum atomic E-state index is -0.938. The lowest BCUT2D eigenvalue weighted by Crippen LogP contribution is -2.58. The van der Waals surface area contributed by atoms with Gasteiger partial charge in [0.25, 0.3) is 5.91 Å². The molecule has 1 aromatic carbocycles. The Labute approximate surface area is 235 Å². The van der Waals surface area contributed by atoms with Crippen LogP contribution in [0.5, 0.6) is 5.75 Å². The molecule has 9 heteroatoms. The number of aliphatic hydroxyl groups excluding tert-OH is 1. The highest BCUT2D eigenvalue weighted by Crippen LogP contribution is 2.66. The fourth-order valence-corrected chi connectivity index (χ4v) is 9.10. The molecule has 2 saturated heterocycles. The van der Waals surface area contributed by atoms with Crippen LogP contribution in [0.15, 0.2) is 48.6 Å². The molecule has 4 heterocycles. The van der Waals surface area contributed by atoms with Crippen molar-refractivity contribution in [2.45, 2.75) is 55.7 Å². The number of hydrogen-bond acceptors (Lipinski definition) is 6. The van der Waals surface area contributed by atoms with Gasteiger partial charge >= 0.3 is 0 Å². The van der Waals surface area contributed by atoms with Crippen LogP contribution in [0.1, 0.15) is 34.1 Å². The van der Waals surface area contributed by atoms with Crippen LogP contribution in [-0.4, -0.2) is 87.6 Å². The molecule has 1 unspecified atom stereocenters. The molecule has 210 valence electrons. The van der Waals surface area contributed by atoms with Crippen molar-refractivity contribution < 1.29 is 24.2 Å². The number of thioether (sulfide) groups is 1. The summed E-state index contributed by atoms with van der Waals surface area (Å²) in [5.41, 5.74) is 0.706. The highest BCUT2D eigenvalue weighted by atomic mass is 32.2. The first-order valence-corrected chi connectivity index (χ1v) is 14.7. The van der Waals surface area contributed by atoms with Gasteiger partial charge in [-0.25, -0.2) is 0 Å². The second kappa shape index (κ2) is 10.3. The Kier molecular flexibility index (Phi) is 7.35. The zero-order valence-corrected chi connectivity index (χ0v) is 24.2. The number of ether oxygens (including phenoxy) is 1. The number of hydrogen-bond donors (Lipinski definition) is 1. The molecule has 39 heavy (non-hydrogen) atoms. The van der Waals surface area contributed by atoms with Gasteiger partial charge in [0.2, 0.25) is 11.8 Å². The second-order valence-electron chi connectivity index (χ2n) is 11.5. The molecular weight excluding hydrogens is 514 g/mol. The van der Waals surface area contributed by atoms with E-state index in [1.807, 2.05) is 75.1 Å². The Morgan fingerprint density at radius 1 is 1.03 bits per heavy atom. The smallest absolute Gasteiger partial charge is 0.251 e. The summed E-state index contributed by atoms with van der Waals surface area (Å²) in [6.07, 6.45) is 8.92. The number of anilines is 1. The van der Waals surface area contributed by atoms with E-state index in [4.69, 9.17) is 4.74 Å². The number of amides is 3. The Hall–Kier alpha value is -2.78. The largest absolute Gasteiger partial charge is 0.497 e. The van der Waals surface area contributed by atoms with E-state index in [1.165, 1.54) is 0 Å². The van der Waals surface area contributed by atoms with Gasteiger partial charge in [-0.3, -0.25) is 14.4 Å². The van der Waals surface area contributed by atoms with Gasteiger partial charge in [-0.2, -0.15) is 0 Å². The Bertz CT molecular complexity index is 1200. The molecule has 0 aromatic heterocycles. The Balaban J connectivity index is 1.66. The zero-order chi connectivity index (χ0) is 28.1. The topological polar surface area (TPSA) is 90.4 Å². The van der Waals surface area contributed by atoms with Crippen LogP contribution in [-0.2, 0) is 14.4 Å². The van der Waals surface area contributed by atoms with Crippen molar-refractivity contribution in [1.82, 2.24) is 9.80 Å². The van der Waals surface area contributed by atoms with Crippen LogP contribution in [0.4, 0.5) is 5.69 Å². The van der Waals surface area contributed by atoms with Crippen molar-refractivity contribution in [2.24, 2.45) is 17.8 Å². The maximum atomic E-state index is 14.6. The number of rotatable bonds is 7. The van der Waals surface area contributed by atoms with Gasteiger partial charge in [-0.1, -0.05) is 45.1 Å². The number of carbonyl (C=O) groups is 3. The summed E-state index contributed by atoms with van der Waals surface area (Å²) in [5, 5.41) is 10.5. The van der Waals surface area contributed by atoms with Gasteiger partial charge in [0.1, 0.15) is 11.8 Å². The third kappa shape index (κ3) is 4.20. The molecule has 1 N–H and O–H groups in total. The summed E-state index contributed by atoms with van der Waals surface area (Å²) >= 11 is 1.57. The molecule has 0 radical (unpaired) electrons. The molecule has 8 nitrogen and oxygen atoms in total. The number of carbonyl (C=O) groups excluding carboxylic acids is 3. The van der Waals surface area contributed by atoms with Gasteiger partial charge in [0.15, 0.2) is 0 Å². The summed E-state index contributed by atoms with van der Waals surface area (Å²) in [6.45, 7) is 9.20. The maximum Gasteiger partial charge on any atom is 0.251 e. The van der Waals surface area contributed by atoms with Crippen molar-refractivity contribution in [3.05, 3.63) is 48.6 Å². The molecule has 1 aromatic rings. The van der Waals surface area contributed by atoms with Crippen molar-refractivity contribution in [3.8, 4) is 5.75 Å². The number of nitrogens with zero attached hydrogens (tertiary/aromatic N) is 3. The average Bonchev–Trinajstić information content (AvgIpc) is 3.18. The molecule has 0 saturated carbocycles. The molecule has 5 rings (SSSR count). The molecule has 0 bridgehead atoms. The van der Waals surface area contributed by atoms with Crippen molar-refractivity contribution in [2.75, 3.05) is 38.3 Å². The summed E-state index contributed by atoms with van der Waals surface area (Å²) in [4.78, 5) is 48.4. The van der Waals surface area contributed by atoms with Crippen LogP contribution in [0.3, 0.4) is 0 Å². The fourth-order valence-electron chi connectivity index (χ4n) is 6.95. The van der Waals surface area contributed by atoms with Crippen molar-refractivity contribution in [1.29, 1.82) is 0 Å². The number of benzene rings is 1. The lowest BCUT2D eigenvalue weighted by molar-refractivity contribution is -0.146. The molecule has 2 fully saturated rings. The van der Waals surface area contributed by atoms with E-state index in [2.05, 4.69) is 6.08 Å². The second-order valence-corrected chi connectivity index (χ2v) is 13.3. The predicted molar refractivity (Wildman–Crippen MR) is 153 cm³/mol. The highest BCUT2D eigenvalue weighted by Gasteiger charge is 2.74. The van der Waals surface area contributed by atoms with Crippen LogP contribution in [0.25, 0.3) is 0 Å². The Morgan fingerprint density at radius 3 is 2.33 bits per heavy atom. The lowest BCUT2D eigenvalue weighted by atomic mass is 9.74. The van der Waals surface area contributed by atoms with E-state index in [0.717, 1.165) is 6.42 Å². The Morgan fingerprint density at radius 2 is 1.72 bits per heavy atom. The SMILES string of the molecule is CCCN1CC=C[C@@]2(C)S[C@]34C=CCN(c5ccc(OC)cc5)C(=O)C3N([C@@H](CO)C(C)C)C(=O)[C@@H]4[C@H]2C1=O. The summed E-state index contributed by atoms with van der Waals surface area (Å²) in [7, 11) is 1.60. The minimum absolute atomic E-state index is 0.0325. The lowest BCUT2D eigenvalue weighted by Gasteiger charge is -2.41. The fraction of sp³-hybridized carbons (Fsp3) is 0.567. The molecular formula is C30H39N3O5S. The number of likely N-dealkylation sites (tertiary alicyclic amines) is 1. The quantitative estimate of drug-likeness (QED) is 0.522. The molecule has 4 aliphatic heterocycles. The number of aliphatic hydroxyl groups is 1. The zero-order valence-electron chi connectivity index (χ0n) is 23.4. The molecule has 3 amide bonds. The third-order valence-electron chi connectivity index (χ3n) is 8.77. The van der Waals surface area contributed by atoms with Gasteiger partial charge in [0.05, 0.1) is 36.3 Å². The van der Waals surface area contributed by atoms with Gasteiger partial charge < -0.3 is 24.5 Å². The maximum absolute atomic E-state index is 14.6. The van der Waals surface area contributed by atoms with E-state index >= 15 is 0 Å². The van der Waals surface area contributed by atoms with E-state index in [-0.39, 0.29) is 30.2 Å². The molecule has 4 aliphatic rings. The van der Waals surface area contributed by atoms with Gasteiger partial charge in [-0.15, -0.1) is 11.8 Å². The molecule has 0 aliphatic carbocycles. The van der Waals surface area contributed by atoms with E-state index in [9.17, 15) is 19.5 Å². The average molecular weight is 554 g/mol. The molecule has 6 atom stereocenters. The van der Waals surface area contributed by atoms with Gasteiger partial charge in [-0.05, 0) is 43.5 Å². The third-order valence-corrected chi connectivity index (χ3v) is 10.6. The van der Waals surface area contributed by atoms with E-state index in [0.29, 0.717) is 31.1 Å². The number of methoxy groups -OCH3 is 1. The van der Waals surface area contributed by atoms with Crippen LogP contribution in [0.2, 0.25) is 0 Å². The minimum Gasteiger partial charge on any atom is -0.497 e. The van der Waals surface area contributed by atoms with Crippen LogP contribution >= 0.6 is 11.8 Å². The summed E-state index contributed by atoms with van der Waals surface area (Å²) < 4.78 is 3.72. The summed E-state index contributed by atoms with van der Waals surface area (Å²) in [5.74, 6) is -1.16. The highest BCUT2D eigenvalue weighted by molar-refractivity contribution is 8.02. The normalized spacial score (nSPS) is 32.7. The first-order chi connectivity index (χ1) is 18.6. The van der Waals surface area contributed by atoms with E-state index in [1.54, 1.807) is 28.7 Å². The van der Waals surface area contributed by atoms with Crippen molar-refractivity contribution in [3.63, 3.8) is 0 Å².